The molecule has 58 heavy (non-hydrogen) atoms. The average molecular weight is 762 g/mol. The van der Waals surface area contributed by atoms with Crippen LogP contribution in [0.2, 0.25) is 0 Å². The largest absolute Gasteiger partial charge is 0.456 e. The van der Waals surface area contributed by atoms with Crippen LogP contribution in [0.1, 0.15) is 0 Å². The van der Waals surface area contributed by atoms with Crippen LogP contribution in [-0.2, 0) is 0 Å². The summed E-state index contributed by atoms with van der Waals surface area (Å²) in [6.45, 7) is 0. The van der Waals surface area contributed by atoms with Crippen LogP contribution >= 0.6 is 10.0 Å². The first kappa shape index (κ1) is 34.0. The number of fused-ring (bicyclic) bond motifs is 6. The summed E-state index contributed by atoms with van der Waals surface area (Å²) in [5.41, 5.74) is 4.43. The van der Waals surface area contributed by atoms with E-state index in [1.54, 1.807) is 0 Å². The Bertz CT molecular complexity index is 3190. The Morgan fingerprint density at radius 1 is 0.310 bits per heavy atom. The number of furan rings is 1. The third kappa shape index (κ3) is 5.67. The zero-order valence-electron chi connectivity index (χ0n) is 31.4. The second-order valence-corrected chi connectivity index (χ2v) is 17.5. The lowest BCUT2D eigenvalue weighted by Gasteiger charge is -2.42. The van der Waals surface area contributed by atoms with Crippen molar-refractivity contribution in [3.8, 4) is 34.2 Å². The fourth-order valence-corrected chi connectivity index (χ4v) is 12.2. The van der Waals surface area contributed by atoms with E-state index in [9.17, 15) is 0 Å². The van der Waals surface area contributed by atoms with Gasteiger partial charge in [0.15, 0.2) is 17.5 Å². The zero-order chi connectivity index (χ0) is 38.5. The minimum atomic E-state index is -1.93. The molecule has 0 aliphatic carbocycles. The lowest BCUT2D eigenvalue weighted by molar-refractivity contribution is 0.669. The fraction of sp³-hybridized carbons (Fsp3) is 0. The van der Waals surface area contributed by atoms with Gasteiger partial charge < -0.3 is 4.42 Å². The highest BCUT2D eigenvalue weighted by Gasteiger charge is 2.33. The molecule has 0 saturated carbocycles. The van der Waals surface area contributed by atoms with Gasteiger partial charge in [0.1, 0.15) is 11.2 Å². The summed E-state index contributed by atoms with van der Waals surface area (Å²) < 4.78 is 6.38. The van der Waals surface area contributed by atoms with Crippen molar-refractivity contribution >= 4 is 53.5 Å². The molecule has 0 saturated heterocycles. The van der Waals surface area contributed by atoms with Crippen molar-refractivity contribution < 1.29 is 4.42 Å². The highest BCUT2D eigenvalue weighted by atomic mass is 32.3. The Kier molecular flexibility index (Phi) is 8.19. The molecule has 0 spiro atoms. The Morgan fingerprint density at radius 2 is 0.793 bits per heavy atom. The molecule has 0 unspecified atom stereocenters. The molecule has 0 atom stereocenters. The predicted molar refractivity (Wildman–Crippen MR) is 238 cm³/mol. The Labute approximate surface area is 337 Å². The van der Waals surface area contributed by atoms with Crippen molar-refractivity contribution in [1.82, 2.24) is 15.0 Å². The first-order valence-corrected chi connectivity index (χ1v) is 21.0. The molecule has 0 aliphatic rings. The van der Waals surface area contributed by atoms with Gasteiger partial charge >= 0.3 is 0 Å². The van der Waals surface area contributed by atoms with Crippen LogP contribution in [0.15, 0.2) is 236 Å². The van der Waals surface area contributed by atoms with Gasteiger partial charge in [-0.1, -0.05) is 133 Å². The lowest BCUT2D eigenvalue weighted by Crippen LogP contribution is -2.06. The molecule has 4 nitrogen and oxygen atoms in total. The van der Waals surface area contributed by atoms with Crippen molar-refractivity contribution in [3.63, 3.8) is 0 Å². The van der Waals surface area contributed by atoms with Crippen LogP contribution in [0.3, 0.4) is 0 Å². The molecule has 11 rings (SSSR count). The molecule has 0 fully saturated rings. The molecule has 2 aromatic heterocycles. The maximum atomic E-state index is 6.38. The van der Waals surface area contributed by atoms with Crippen LogP contribution in [0.25, 0.3) is 77.6 Å². The zero-order valence-corrected chi connectivity index (χ0v) is 32.2. The van der Waals surface area contributed by atoms with Gasteiger partial charge in [0.2, 0.25) is 0 Å². The van der Waals surface area contributed by atoms with E-state index in [0.717, 1.165) is 49.4 Å². The highest BCUT2D eigenvalue weighted by Crippen LogP contribution is 2.73. The van der Waals surface area contributed by atoms with E-state index in [-0.39, 0.29) is 0 Å². The van der Waals surface area contributed by atoms with Crippen molar-refractivity contribution in [2.45, 2.75) is 19.6 Å². The van der Waals surface area contributed by atoms with E-state index in [1.165, 1.54) is 30.4 Å². The van der Waals surface area contributed by atoms with Gasteiger partial charge in [-0.15, -0.1) is 10.0 Å². The third-order valence-corrected chi connectivity index (χ3v) is 14.9. The number of aromatic nitrogens is 3. The van der Waals surface area contributed by atoms with Crippen molar-refractivity contribution in [2.75, 3.05) is 0 Å². The van der Waals surface area contributed by atoms with Gasteiger partial charge in [0.25, 0.3) is 0 Å². The van der Waals surface area contributed by atoms with Gasteiger partial charge in [0, 0.05) is 47.0 Å². The summed E-state index contributed by atoms with van der Waals surface area (Å²) in [4.78, 5) is 20.7. The molecular weight excluding hydrogens is 727 g/mol. The van der Waals surface area contributed by atoms with Gasteiger partial charge in [0.05, 0.1) is 0 Å². The molecule has 0 bridgehead atoms. The lowest BCUT2D eigenvalue weighted by atomic mass is 10.0. The molecular formula is C53H35N3OS. The van der Waals surface area contributed by atoms with E-state index >= 15 is 0 Å². The van der Waals surface area contributed by atoms with Crippen LogP contribution in [0.5, 0.6) is 0 Å². The van der Waals surface area contributed by atoms with E-state index < -0.39 is 10.0 Å². The minimum absolute atomic E-state index is 0.600. The van der Waals surface area contributed by atoms with E-state index in [2.05, 4.69) is 206 Å². The summed E-state index contributed by atoms with van der Waals surface area (Å²) in [7, 11) is -1.93. The molecule has 9 aromatic carbocycles. The van der Waals surface area contributed by atoms with Gasteiger partial charge in [-0.3, -0.25) is 0 Å². The maximum absolute atomic E-state index is 6.38. The van der Waals surface area contributed by atoms with Crippen LogP contribution in [0.4, 0.5) is 0 Å². The van der Waals surface area contributed by atoms with Crippen molar-refractivity contribution in [1.29, 1.82) is 0 Å². The highest BCUT2D eigenvalue weighted by molar-refractivity contribution is 8.34. The topological polar surface area (TPSA) is 51.8 Å². The molecule has 0 amide bonds. The first-order valence-electron chi connectivity index (χ1n) is 19.4. The number of hydrogen-bond donors (Lipinski definition) is 0. The normalized spacial score (nSPS) is 12.1. The summed E-state index contributed by atoms with van der Waals surface area (Å²) in [6, 6.07) is 75.2. The standard InChI is InChI=1S/C53H35N3OS/c1-4-19-42(20-5-1)58(43-21-6-2-7-22-43,44-23-8-3-9-24-44)45-25-14-18-39(34-45)51-54-52(40-28-27-36-15-10-11-17-38(36)33-40)56-53(55-51)41-30-31-48-47(35-41)50-46-26-13-12-16-37(46)29-32-49(50)57-48/h1-35H. The molecule has 5 heteroatoms. The maximum Gasteiger partial charge on any atom is 0.164 e. The Hall–Kier alpha value is -7.34. The van der Waals surface area contributed by atoms with E-state index in [1.807, 2.05) is 6.07 Å². The molecule has 2 heterocycles. The van der Waals surface area contributed by atoms with Crippen molar-refractivity contribution in [3.05, 3.63) is 212 Å². The number of hydrogen-bond acceptors (Lipinski definition) is 4. The summed E-state index contributed by atoms with van der Waals surface area (Å²) in [5, 5.41) is 6.74. The van der Waals surface area contributed by atoms with Gasteiger partial charge in [-0.2, -0.15) is 0 Å². The minimum Gasteiger partial charge on any atom is -0.456 e. The van der Waals surface area contributed by atoms with E-state index in [4.69, 9.17) is 19.4 Å². The second-order valence-electron chi connectivity index (χ2n) is 14.4. The first-order chi connectivity index (χ1) is 28.7. The smallest absolute Gasteiger partial charge is 0.164 e. The van der Waals surface area contributed by atoms with Crippen LogP contribution in [-0.4, -0.2) is 15.0 Å². The van der Waals surface area contributed by atoms with Gasteiger partial charge in [-0.25, -0.2) is 15.0 Å². The van der Waals surface area contributed by atoms with Crippen LogP contribution in [0, 0.1) is 0 Å². The molecule has 11 aromatic rings. The Balaban J connectivity index is 1.15. The number of rotatable bonds is 7. The predicted octanol–water partition coefficient (Wildman–Crippen LogP) is 14.4. The fourth-order valence-electron chi connectivity index (χ4n) is 8.29. The quantitative estimate of drug-likeness (QED) is 0.162. The summed E-state index contributed by atoms with van der Waals surface area (Å²) in [6.07, 6.45) is 0. The molecule has 0 N–H and O–H groups in total. The number of nitrogens with zero attached hydrogens (tertiary/aromatic N) is 3. The van der Waals surface area contributed by atoms with E-state index in [0.29, 0.717) is 17.5 Å². The number of benzene rings is 9. The molecule has 0 aliphatic heterocycles. The SMILES string of the molecule is c1ccc(S(c2ccccc2)(c2ccccc2)c2cccc(-c3nc(-c4ccc5ccccc5c4)nc(-c4ccc5oc6ccc7ccccc7c6c5c4)n3)c2)cc1. The molecule has 0 radical (unpaired) electrons. The van der Waals surface area contributed by atoms with Crippen molar-refractivity contribution in [2.24, 2.45) is 0 Å². The van der Waals surface area contributed by atoms with Gasteiger partial charge in [-0.05, 0) is 100 Å². The second kappa shape index (κ2) is 14.0. The van der Waals surface area contributed by atoms with Crippen LogP contribution < -0.4 is 0 Å². The Morgan fingerprint density at radius 3 is 1.45 bits per heavy atom. The summed E-state index contributed by atoms with van der Waals surface area (Å²) in [5.74, 6) is 1.83. The average Bonchev–Trinajstić information content (AvgIpc) is 3.69. The monoisotopic (exact) mass is 761 g/mol. The molecule has 274 valence electrons. The summed E-state index contributed by atoms with van der Waals surface area (Å²) >= 11 is 0. The third-order valence-electron chi connectivity index (χ3n) is 11.0.